The molecule has 0 unspecified atom stereocenters. The van der Waals surface area contributed by atoms with Crippen molar-refractivity contribution < 1.29 is 9.53 Å². The molecule has 0 saturated carbocycles. The van der Waals surface area contributed by atoms with Crippen LogP contribution >= 0.6 is 0 Å². The Labute approximate surface area is 81.7 Å². The Morgan fingerprint density at radius 2 is 1.92 bits per heavy atom. The first-order chi connectivity index (χ1) is 5.90. The van der Waals surface area contributed by atoms with Gasteiger partial charge in [0.1, 0.15) is 0 Å². The number of hydrogen-bond donors (Lipinski definition) is 0. The minimum Gasteiger partial charge on any atom is -0.466 e. The Morgan fingerprint density at radius 3 is 2.31 bits per heavy atom. The summed E-state index contributed by atoms with van der Waals surface area (Å²) >= 11 is 0. The van der Waals surface area contributed by atoms with E-state index < -0.39 is 0 Å². The quantitative estimate of drug-likeness (QED) is 0.617. The normalized spacial score (nSPS) is 11.8. The molecule has 0 aliphatic carbocycles. The maximum Gasteiger partial charge on any atom is 0.305 e. The lowest BCUT2D eigenvalue weighted by atomic mass is 9.77. The molecule has 0 N–H and O–H groups in total. The molecule has 0 atom stereocenters. The molecule has 0 heterocycles. The summed E-state index contributed by atoms with van der Waals surface area (Å²) in [5.41, 5.74) is 0.229. The fourth-order valence-corrected chi connectivity index (χ4v) is 0.946. The van der Waals surface area contributed by atoms with Gasteiger partial charge < -0.3 is 4.74 Å². The highest BCUT2D eigenvalue weighted by Crippen LogP contribution is 2.31. The summed E-state index contributed by atoms with van der Waals surface area (Å²) in [5.74, 6) is 0.526. The lowest BCUT2D eigenvalue weighted by Crippen LogP contribution is -2.20. The first-order valence-electron chi connectivity index (χ1n) is 5.05. The topological polar surface area (TPSA) is 26.3 Å². The Hall–Kier alpha value is -0.530. The van der Waals surface area contributed by atoms with E-state index in [1.807, 2.05) is 6.92 Å². The zero-order valence-corrected chi connectivity index (χ0v) is 9.52. The van der Waals surface area contributed by atoms with E-state index in [-0.39, 0.29) is 11.4 Å². The van der Waals surface area contributed by atoms with Gasteiger partial charge >= 0.3 is 5.97 Å². The number of carbonyl (C=O) groups excluding carboxylic acids is 1. The molecule has 0 saturated heterocycles. The molecule has 2 nitrogen and oxygen atoms in total. The molecule has 0 radical (unpaired) electrons. The average molecular weight is 186 g/mol. The van der Waals surface area contributed by atoms with Gasteiger partial charge in [0, 0.05) is 6.42 Å². The monoisotopic (exact) mass is 186 g/mol. The third-order valence-corrected chi connectivity index (χ3v) is 2.84. The van der Waals surface area contributed by atoms with Gasteiger partial charge in [0.05, 0.1) is 6.61 Å². The van der Waals surface area contributed by atoms with Crippen LogP contribution in [0.1, 0.15) is 47.5 Å². The van der Waals surface area contributed by atoms with Crippen LogP contribution in [0.15, 0.2) is 0 Å². The predicted molar refractivity (Wildman–Crippen MR) is 54.5 cm³/mol. The summed E-state index contributed by atoms with van der Waals surface area (Å²) in [4.78, 5) is 11.1. The van der Waals surface area contributed by atoms with E-state index in [1.165, 1.54) is 0 Å². The van der Waals surface area contributed by atoms with Crippen molar-refractivity contribution in [1.82, 2.24) is 0 Å². The van der Waals surface area contributed by atoms with Crippen LogP contribution in [-0.2, 0) is 9.53 Å². The molecule has 0 spiro atoms. The van der Waals surface area contributed by atoms with Crippen molar-refractivity contribution in [3.05, 3.63) is 0 Å². The number of carbonyl (C=O) groups is 1. The third-order valence-electron chi connectivity index (χ3n) is 2.84. The van der Waals surface area contributed by atoms with Crippen LogP contribution in [0.5, 0.6) is 0 Å². The van der Waals surface area contributed by atoms with Gasteiger partial charge in [-0.05, 0) is 24.7 Å². The Kier molecular flexibility index (Phi) is 5.04. The van der Waals surface area contributed by atoms with Gasteiger partial charge in [0.15, 0.2) is 0 Å². The zero-order chi connectivity index (χ0) is 10.5. The molecule has 13 heavy (non-hydrogen) atoms. The van der Waals surface area contributed by atoms with E-state index in [0.717, 1.165) is 6.42 Å². The maximum atomic E-state index is 11.1. The Morgan fingerprint density at radius 1 is 1.38 bits per heavy atom. The van der Waals surface area contributed by atoms with Crippen molar-refractivity contribution in [3.8, 4) is 0 Å². The number of rotatable bonds is 5. The summed E-state index contributed by atoms with van der Waals surface area (Å²) in [6.45, 7) is 11.1. The van der Waals surface area contributed by atoms with Crippen LogP contribution in [0.4, 0.5) is 0 Å². The van der Waals surface area contributed by atoms with E-state index >= 15 is 0 Å². The largest absolute Gasteiger partial charge is 0.466 e. The lowest BCUT2D eigenvalue weighted by molar-refractivity contribution is -0.143. The third kappa shape index (κ3) is 4.91. The molecule has 0 aromatic carbocycles. The summed E-state index contributed by atoms with van der Waals surface area (Å²) in [6, 6.07) is 0. The maximum absolute atomic E-state index is 11.1. The van der Waals surface area contributed by atoms with E-state index in [1.54, 1.807) is 0 Å². The molecule has 0 rings (SSSR count). The van der Waals surface area contributed by atoms with Crippen LogP contribution in [0.25, 0.3) is 0 Å². The second-order valence-corrected chi connectivity index (χ2v) is 4.45. The van der Waals surface area contributed by atoms with Crippen LogP contribution in [0, 0.1) is 11.3 Å². The zero-order valence-electron chi connectivity index (χ0n) is 9.52. The smallest absolute Gasteiger partial charge is 0.305 e. The van der Waals surface area contributed by atoms with Gasteiger partial charge in [-0.15, -0.1) is 0 Å². The van der Waals surface area contributed by atoms with Crippen LogP contribution in [0.3, 0.4) is 0 Å². The minimum absolute atomic E-state index is 0.0729. The van der Waals surface area contributed by atoms with E-state index in [4.69, 9.17) is 4.74 Å². The molecule has 0 aromatic rings. The number of hydrogen-bond acceptors (Lipinski definition) is 2. The standard InChI is InChI=1S/C11H22O2/c1-6-13-10(12)7-8-11(4,5)9(2)3/h9H,6-8H2,1-5H3. The number of ether oxygens (including phenoxy) is 1. The second kappa shape index (κ2) is 5.25. The fourth-order valence-electron chi connectivity index (χ4n) is 0.946. The molecule has 78 valence electrons. The van der Waals surface area contributed by atoms with Gasteiger partial charge in [-0.1, -0.05) is 27.7 Å². The van der Waals surface area contributed by atoms with Crippen LogP contribution < -0.4 is 0 Å². The van der Waals surface area contributed by atoms with Gasteiger partial charge in [-0.2, -0.15) is 0 Å². The lowest BCUT2D eigenvalue weighted by Gasteiger charge is -2.28. The van der Waals surface area contributed by atoms with E-state index in [0.29, 0.717) is 18.9 Å². The van der Waals surface area contributed by atoms with Crippen molar-refractivity contribution in [2.24, 2.45) is 11.3 Å². The molecule has 0 fully saturated rings. The summed E-state index contributed by atoms with van der Waals surface area (Å²) in [7, 11) is 0. The van der Waals surface area contributed by atoms with Gasteiger partial charge in [-0.25, -0.2) is 0 Å². The van der Waals surface area contributed by atoms with Crippen LogP contribution in [-0.4, -0.2) is 12.6 Å². The molecule has 0 bridgehead atoms. The molecule has 0 aromatic heterocycles. The fraction of sp³-hybridized carbons (Fsp3) is 0.909. The highest BCUT2D eigenvalue weighted by atomic mass is 16.5. The molecule has 2 heteroatoms. The van der Waals surface area contributed by atoms with Crippen molar-refractivity contribution in [3.63, 3.8) is 0 Å². The SMILES string of the molecule is CCOC(=O)CCC(C)(C)C(C)C. The van der Waals surface area contributed by atoms with Gasteiger partial charge in [0.25, 0.3) is 0 Å². The van der Waals surface area contributed by atoms with Crippen molar-refractivity contribution >= 4 is 5.97 Å². The molecular formula is C11H22O2. The first kappa shape index (κ1) is 12.5. The van der Waals surface area contributed by atoms with Crippen molar-refractivity contribution in [1.29, 1.82) is 0 Å². The minimum atomic E-state index is -0.0729. The first-order valence-corrected chi connectivity index (χ1v) is 5.05. The molecular weight excluding hydrogens is 164 g/mol. The molecule has 0 aliphatic rings. The predicted octanol–water partition coefficient (Wildman–Crippen LogP) is 3.01. The highest BCUT2D eigenvalue weighted by Gasteiger charge is 2.23. The molecule has 0 aliphatic heterocycles. The van der Waals surface area contributed by atoms with E-state index in [2.05, 4.69) is 27.7 Å². The number of esters is 1. The Balaban J connectivity index is 3.81. The van der Waals surface area contributed by atoms with E-state index in [9.17, 15) is 4.79 Å². The molecule has 0 amide bonds. The van der Waals surface area contributed by atoms with Crippen molar-refractivity contribution in [2.75, 3.05) is 6.61 Å². The van der Waals surface area contributed by atoms with Gasteiger partial charge in [-0.3, -0.25) is 4.79 Å². The average Bonchev–Trinajstić information content (AvgIpc) is 2.01. The highest BCUT2D eigenvalue weighted by molar-refractivity contribution is 5.69. The summed E-state index contributed by atoms with van der Waals surface area (Å²) in [5, 5.41) is 0. The Bertz CT molecular complexity index is 159. The second-order valence-electron chi connectivity index (χ2n) is 4.45. The summed E-state index contributed by atoms with van der Waals surface area (Å²) in [6.07, 6.45) is 1.45. The van der Waals surface area contributed by atoms with Gasteiger partial charge in [0.2, 0.25) is 0 Å². The van der Waals surface area contributed by atoms with Crippen LogP contribution in [0.2, 0.25) is 0 Å². The summed E-state index contributed by atoms with van der Waals surface area (Å²) < 4.78 is 4.88. The van der Waals surface area contributed by atoms with Crippen molar-refractivity contribution in [2.45, 2.75) is 47.5 Å².